The van der Waals surface area contributed by atoms with Crippen LogP contribution in [0.4, 0.5) is 0 Å². The van der Waals surface area contributed by atoms with Crippen molar-refractivity contribution in [2.75, 3.05) is 19.7 Å². The molecule has 7 nitrogen and oxygen atoms in total. The zero-order chi connectivity index (χ0) is 18.8. The highest BCUT2D eigenvalue weighted by Crippen LogP contribution is 2.39. The molecule has 0 amide bonds. The summed E-state index contributed by atoms with van der Waals surface area (Å²) in [6.45, 7) is 7.88. The normalized spacial score (nSPS) is 14.6. The van der Waals surface area contributed by atoms with Gasteiger partial charge in [0.1, 0.15) is 12.4 Å². The summed E-state index contributed by atoms with van der Waals surface area (Å²) in [5.41, 5.74) is 2.08. The summed E-state index contributed by atoms with van der Waals surface area (Å²) in [5.74, 6) is 1.67. The van der Waals surface area contributed by atoms with Crippen LogP contribution in [0.3, 0.4) is 0 Å². The Balaban J connectivity index is 1.48. The molecule has 0 saturated heterocycles. The van der Waals surface area contributed by atoms with Crippen LogP contribution in [0.25, 0.3) is 10.4 Å². The molecule has 4 rings (SSSR count). The molecule has 3 aromatic rings. The molecule has 0 atom stereocenters. The van der Waals surface area contributed by atoms with E-state index in [0.717, 1.165) is 54.4 Å². The number of phenolic OH excluding ortho intramolecular Hbond substituents is 1. The molecule has 1 N–H and O–H groups in total. The van der Waals surface area contributed by atoms with Crippen LogP contribution in [0.2, 0.25) is 0 Å². The number of aromatic hydroxyl groups is 1. The lowest BCUT2D eigenvalue weighted by atomic mass is 10.1. The van der Waals surface area contributed by atoms with Crippen LogP contribution in [-0.4, -0.2) is 49.9 Å². The van der Waals surface area contributed by atoms with Gasteiger partial charge in [-0.15, -0.1) is 16.4 Å². The van der Waals surface area contributed by atoms with Crippen LogP contribution >= 0.6 is 11.3 Å². The number of nitrogens with zero attached hydrogens (tertiary/aromatic N) is 5. The number of aryl methyl sites for hydroxylation is 3. The van der Waals surface area contributed by atoms with Crippen molar-refractivity contribution in [1.82, 2.24) is 25.1 Å². The summed E-state index contributed by atoms with van der Waals surface area (Å²) in [6.07, 6.45) is 0.955. The minimum atomic E-state index is 0.222. The molecule has 2 aromatic heterocycles. The maximum absolute atomic E-state index is 10.5. The summed E-state index contributed by atoms with van der Waals surface area (Å²) in [6, 6.07) is 8.15. The number of thiophene rings is 1. The Morgan fingerprint density at radius 1 is 1.22 bits per heavy atom. The maximum atomic E-state index is 10.5. The van der Waals surface area contributed by atoms with Gasteiger partial charge in [-0.2, -0.15) is 0 Å². The number of aromatic nitrogens is 4. The average Bonchev–Trinajstić information content (AvgIpc) is 3.18. The summed E-state index contributed by atoms with van der Waals surface area (Å²) in [7, 11) is 0. The Hall–Kier alpha value is -2.45. The van der Waals surface area contributed by atoms with Gasteiger partial charge < -0.3 is 9.84 Å². The monoisotopic (exact) mass is 385 g/mol. The topological polar surface area (TPSA) is 76.3 Å². The van der Waals surface area contributed by atoms with Gasteiger partial charge in [-0.3, -0.25) is 4.90 Å². The van der Waals surface area contributed by atoms with Gasteiger partial charge in [0, 0.05) is 41.5 Å². The van der Waals surface area contributed by atoms with E-state index < -0.39 is 0 Å². The molecule has 1 aromatic carbocycles. The molecule has 0 spiro atoms. The first-order valence-electron chi connectivity index (χ1n) is 9.11. The third-order valence-electron chi connectivity index (χ3n) is 4.77. The highest BCUT2D eigenvalue weighted by molar-refractivity contribution is 7.15. The number of benzene rings is 1. The van der Waals surface area contributed by atoms with Gasteiger partial charge in [0.05, 0.1) is 0 Å². The Bertz CT molecular complexity index is 936. The number of hydrogen-bond acceptors (Lipinski definition) is 7. The fraction of sp³-hybridized carbons (Fsp3) is 0.421. The number of ether oxygens (including phenoxy) is 1. The van der Waals surface area contributed by atoms with E-state index in [4.69, 9.17) is 4.74 Å². The molecule has 8 heteroatoms. The number of phenols is 1. The third-order valence-corrected chi connectivity index (χ3v) is 5.82. The fourth-order valence-electron chi connectivity index (χ4n) is 3.38. The highest BCUT2D eigenvalue weighted by Gasteiger charge is 2.20. The van der Waals surface area contributed by atoms with E-state index in [1.807, 2.05) is 11.6 Å². The van der Waals surface area contributed by atoms with Crippen molar-refractivity contribution < 1.29 is 9.84 Å². The van der Waals surface area contributed by atoms with E-state index in [2.05, 4.69) is 45.5 Å². The molecule has 27 heavy (non-hydrogen) atoms. The van der Waals surface area contributed by atoms with Crippen molar-refractivity contribution >= 4 is 11.3 Å². The number of rotatable bonds is 5. The minimum absolute atomic E-state index is 0.222. The fourth-order valence-corrected chi connectivity index (χ4v) is 4.23. The number of tetrazole rings is 1. The van der Waals surface area contributed by atoms with E-state index in [1.165, 1.54) is 4.88 Å². The summed E-state index contributed by atoms with van der Waals surface area (Å²) in [4.78, 5) is 4.78. The molecule has 1 aliphatic rings. The van der Waals surface area contributed by atoms with Crippen molar-refractivity contribution in [3.8, 4) is 21.9 Å². The largest absolute Gasteiger partial charge is 0.504 e. The lowest BCUT2D eigenvalue weighted by Crippen LogP contribution is -2.27. The second kappa shape index (κ2) is 7.66. The average molecular weight is 385 g/mol. The third kappa shape index (κ3) is 3.96. The first-order valence-corrected chi connectivity index (χ1v) is 9.92. The number of fused-ring (bicyclic) bond motifs is 1. The molecule has 3 heterocycles. The highest BCUT2D eigenvalue weighted by atomic mass is 32.1. The zero-order valence-corrected chi connectivity index (χ0v) is 16.4. The predicted molar refractivity (Wildman–Crippen MR) is 104 cm³/mol. The van der Waals surface area contributed by atoms with Gasteiger partial charge in [-0.25, -0.2) is 4.68 Å². The van der Waals surface area contributed by atoms with E-state index in [9.17, 15) is 5.11 Å². The quantitative estimate of drug-likeness (QED) is 0.728. The minimum Gasteiger partial charge on any atom is -0.504 e. The van der Waals surface area contributed by atoms with Crippen LogP contribution < -0.4 is 4.74 Å². The smallest absolute Gasteiger partial charge is 0.165 e. The van der Waals surface area contributed by atoms with Crippen molar-refractivity contribution in [2.45, 2.75) is 33.4 Å². The molecule has 0 aliphatic carbocycles. The molecule has 0 bridgehead atoms. The maximum Gasteiger partial charge on any atom is 0.165 e. The lowest BCUT2D eigenvalue weighted by molar-refractivity contribution is 0.217. The van der Waals surface area contributed by atoms with Gasteiger partial charge in [0.2, 0.25) is 0 Å². The molecule has 0 radical (unpaired) electrons. The zero-order valence-electron chi connectivity index (χ0n) is 15.6. The van der Waals surface area contributed by atoms with Gasteiger partial charge in [0.25, 0.3) is 0 Å². The Morgan fingerprint density at radius 2 is 2.11 bits per heavy atom. The Kier molecular flexibility index (Phi) is 5.09. The van der Waals surface area contributed by atoms with E-state index in [1.54, 1.807) is 17.4 Å². The van der Waals surface area contributed by atoms with Crippen LogP contribution in [0.5, 0.6) is 11.5 Å². The molecule has 0 fully saturated rings. The van der Waals surface area contributed by atoms with Gasteiger partial charge in [-0.1, -0.05) is 0 Å². The molecule has 0 unspecified atom stereocenters. The summed E-state index contributed by atoms with van der Waals surface area (Å²) < 4.78 is 7.68. The van der Waals surface area contributed by atoms with Crippen molar-refractivity contribution in [3.63, 3.8) is 0 Å². The first-order chi connectivity index (χ1) is 13.1. The second-order valence-electron chi connectivity index (χ2n) is 6.82. The van der Waals surface area contributed by atoms with Crippen LogP contribution in [0.1, 0.15) is 22.7 Å². The van der Waals surface area contributed by atoms with Crippen molar-refractivity contribution in [1.29, 1.82) is 0 Å². The molecule has 1 aliphatic heterocycles. The Morgan fingerprint density at radius 3 is 2.85 bits per heavy atom. The van der Waals surface area contributed by atoms with Gasteiger partial charge >= 0.3 is 0 Å². The summed E-state index contributed by atoms with van der Waals surface area (Å²) >= 11 is 1.73. The standard InChI is InChI=1S/C19H23N5O2S/c1-13-4-5-18(27-13)15-10-16-12-23(8-9-26-19(16)17(25)11-15)6-3-7-24-14(2)20-21-22-24/h4-5,10-11,25H,3,6-9,12H2,1-2H3. The molecular formula is C19H23N5O2S. The predicted octanol–water partition coefficient (Wildman–Crippen LogP) is 3.01. The molecule has 0 saturated carbocycles. The first kappa shape index (κ1) is 17.9. The van der Waals surface area contributed by atoms with Gasteiger partial charge in [0.15, 0.2) is 11.5 Å². The van der Waals surface area contributed by atoms with Crippen molar-refractivity contribution in [3.05, 3.63) is 40.5 Å². The van der Waals surface area contributed by atoms with E-state index in [0.29, 0.717) is 12.4 Å². The molecule has 142 valence electrons. The van der Waals surface area contributed by atoms with Crippen LogP contribution in [0, 0.1) is 13.8 Å². The lowest BCUT2D eigenvalue weighted by Gasteiger charge is -2.19. The van der Waals surface area contributed by atoms with Crippen molar-refractivity contribution in [2.24, 2.45) is 0 Å². The number of hydrogen-bond donors (Lipinski definition) is 1. The van der Waals surface area contributed by atoms with Crippen LogP contribution in [-0.2, 0) is 13.1 Å². The second-order valence-corrected chi connectivity index (χ2v) is 8.11. The van der Waals surface area contributed by atoms with Gasteiger partial charge in [-0.05, 0) is 60.5 Å². The SMILES string of the molecule is Cc1ccc(-c2cc(O)c3c(c2)CN(CCCn2nnnc2C)CCO3)s1. The van der Waals surface area contributed by atoms with E-state index in [-0.39, 0.29) is 5.75 Å². The van der Waals surface area contributed by atoms with E-state index >= 15 is 0 Å². The van der Waals surface area contributed by atoms with Crippen LogP contribution in [0.15, 0.2) is 24.3 Å². The molecular weight excluding hydrogens is 362 g/mol. The summed E-state index contributed by atoms with van der Waals surface area (Å²) in [5, 5.41) is 22.1. The Labute approximate surface area is 162 Å².